The smallest absolute Gasteiger partial charge is 0.249 e. The monoisotopic (exact) mass is 374 g/mol. The topological polar surface area (TPSA) is 81.4 Å². The Morgan fingerprint density at radius 2 is 2.29 bits per heavy atom. The molecule has 0 bridgehead atoms. The number of nitrogens with two attached hydrogens (primary N) is 1. The van der Waals surface area contributed by atoms with Crippen molar-refractivity contribution in [2.24, 2.45) is 5.73 Å². The van der Waals surface area contributed by atoms with Crippen LogP contribution in [0.3, 0.4) is 0 Å². The molecule has 21 heavy (non-hydrogen) atoms. The molecule has 1 aromatic carbocycles. The van der Waals surface area contributed by atoms with Gasteiger partial charge in [-0.05, 0) is 36.6 Å². The zero-order valence-electron chi connectivity index (χ0n) is 11.3. The average Bonchev–Trinajstić information content (AvgIpc) is 2.96. The summed E-state index contributed by atoms with van der Waals surface area (Å²) in [6, 6.07) is 4.47. The molecule has 114 valence electrons. The number of primary amides is 1. The van der Waals surface area contributed by atoms with E-state index in [9.17, 15) is 9.59 Å². The lowest BCUT2D eigenvalue weighted by Crippen LogP contribution is -2.49. The minimum atomic E-state index is -0.795. The van der Waals surface area contributed by atoms with E-state index in [2.05, 4.69) is 21.2 Å². The van der Waals surface area contributed by atoms with Gasteiger partial charge < -0.3 is 15.8 Å². The van der Waals surface area contributed by atoms with E-state index in [-0.39, 0.29) is 12.3 Å². The van der Waals surface area contributed by atoms with Gasteiger partial charge in [-0.15, -0.1) is 0 Å². The first-order valence-corrected chi connectivity index (χ1v) is 7.79. The second-order valence-electron chi connectivity index (χ2n) is 4.91. The van der Waals surface area contributed by atoms with Gasteiger partial charge in [-0.1, -0.05) is 27.5 Å². The molecular formula is C14H16BrClN2O3. The molecule has 0 aromatic heterocycles. The van der Waals surface area contributed by atoms with Crippen LogP contribution in [-0.2, 0) is 20.7 Å². The lowest BCUT2D eigenvalue weighted by Gasteiger charge is -2.18. The quantitative estimate of drug-likeness (QED) is 0.823. The molecule has 2 amide bonds. The molecular weight excluding hydrogens is 360 g/mol. The van der Waals surface area contributed by atoms with E-state index >= 15 is 0 Å². The summed E-state index contributed by atoms with van der Waals surface area (Å²) in [6.45, 7) is 0.569. The first-order chi connectivity index (χ1) is 9.97. The van der Waals surface area contributed by atoms with Crippen molar-refractivity contribution in [2.45, 2.75) is 31.4 Å². The lowest BCUT2D eigenvalue weighted by molar-refractivity contribution is -0.133. The predicted molar refractivity (Wildman–Crippen MR) is 83.0 cm³/mol. The molecule has 1 heterocycles. The van der Waals surface area contributed by atoms with Gasteiger partial charge in [0.25, 0.3) is 0 Å². The summed E-state index contributed by atoms with van der Waals surface area (Å²) in [5.74, 6) is -0.886. The maximum Gasteiger partial charge on any atom is 0.249 e. The fourth-order valence-electron chi connectivity index (χ4n) is 2.19. The molecule has 5 nitrogen and oxygen atoms in total. The predicted octanol–water partition coefficient (Wildman–Crippen LogP) is 1.79. The minimum Gasteiger partial charge on any atom is -0.368 e. The molecule has 0 spiro atoms. The van der Waals surface area contributed by atoms with Crippen molar-refractivity contribution in [1.29, 1.82) is 0 Å². The molecule has 2 atom stereocenters. The maximum absolute atomic E-state index is 12.0. The highest BCUT2D eigenvalue weighted by Crippen LogP contribution is 2.22. The van der Waals surface area contributed by atoms with Crippen molar-refractivity contribution in [3.05, 3.63) is 33.3 Å². The fraction of sp³-hybridized carbons (Fsp3) is 0.429. The van der Waals surface area contributed by atoms with E-state index in [0.717, 1.165) is 16.5 Å². The van der Waals surface area contributed by atoms with Gasteiger partial charge >= 0.3 is 0 Å². The summed E-state index contributed by atoms with van der Waals surface area (Å²) in [4.78, 5) is 23.6. The highest BCUT2D eigenvalue weighted by Gasteiger charge is 2.27. The van der Waals surface area contributed by atoms with E-state index in [1.807, 2.05) is 0 Å². The highest BCUT2D eigenvalue weighted by atomic mass is 79.9. The second kappa shape index (κ2) is 7.24. The third kappa shape index (κ3) is 4.43. The zero-order chi connectivity index (χ0) is 15.4. The molecule has 1 saturated heterocycles. The Hall–Kier alpha value is -1.11. The van der Waals surface area contributed by atoms with Gasteiger partial charge in [-0.2, -0.15) is 0 Å². The largest absolute Gasteiger partial charge is 0.368 e. The zero-order valence-corrected chi connectivity index (χ0v) is 13.6. The van der Waals surface area contributed by atoms with Crippen LogP contribution in [0.25, 0.3) is 0 Å². The van der Waals surface area contributed by atoms with Gasteiger partial charge in [0.15, 0.2) is 0 Å². The van der Waals surface area contributed by atoms with Crippen molar-refractivity contribution >= 4 is 39.3 Å². The van der Waals surface area contributed by atoms with E-state index in [1.165, 1.54) is 0 Å². The molecule has 1 aliphatic rings. The number of rotatable bonds is 5. The van der Waals surface area contributed by atoms with Crippen molar-refractivity contribution in [2.75, 3.05) is 6.61 Å². The number of hydrogen-bond donors (Lipinski definition) is 2. The molecule has 0 saturated carbocycles. The minimum absolute atomic E-state index is 0.273. The maximum atomic E-state index is 12.0. The van der Waals surface area contributed by atoms with Crippen LogP contribution in [0.1, 0.15) is 18.4 Å². The van der Waals surface area contributed by atoms with Gasteiger partial charge in [0.1, 0.15) is 12.1 Å². The summed E-state index contributed by atoms with van der Waals surface area (Å²) in [5, 5.41) is 3.21. The number of nitrogens with one attached hydrogen (secondary N) is 1. The second-order valence-corrected chi connectivity index (χ2v) is 6.20. The number of ether oxygens (including phenoxy) is 1. The Labute approximate surface area is 136 Å². The highest BCUT2D eigenvalue weighted by molar-refractivity contribution is 9.10. The molecule has 3 N–H and O–H groups in total. The number of carbonyl (C=O) groups excluding carboxylic acids is 2. The van der Waals surface area contributed by atoms with Gasteiger partial charge in [0.05, 0.1) is 0 Å². The lowest BCUT2D eigenvalue weighted by atomic mass is 10.0. The number of halogens is 2. The van der Waals surface area contributed by atoms with Crippen LogP contribution < -0.4 is 11.1 Å². The Morgan fingerprint density at radius 1 is 1.52 bits per heavy atom. The number of carbonyl (C=O) groups is 2. The molecule has 1 aromatic rings. The number of hydrogen-bond acceptors (Lipinski definition) is 3. The van der Waals surface area contributed by atoms with Crippen LogP contribution in [0.2, 0.25) is 5.02 Å². The fourth-order valence-corrected chi connectivity index (χ4v) is 2.79. The summed E-state index contributed by atoms with van der Waals surface area (Å²) >= 11 is 9.34. The van der Waals surface area contributed by atoms with Gasteiger partial charge in [-0.25, -0.2) is 0 Å². The third-order valence-corrected chi connectivity index (χ3v) is 4.32. The van der Waals surface area contributed by atoms with Crippen LogP contribution in [0, 0.1) is 0 Å². The van der Waals surface area contributed by atoms with E-state index in [4.69, 9.17) is 22.1 Å². The molecule has 0 unspecified atom stereocenters. The average molecular weight is 376 g/mol. The summed E-state index contributed by atoms with van der Waals surface area (Å²) in [6.07, 6.45) is 1.29. The number of benzene rings is 1. The molecule has 2 rings (SSSR count). The van der Waals surface area contributed by atoms with Crippen molar-refractivity contribution in [3.8, 4) is 0 Å². The SMILES string of the molecule is NC(=O)[C@@H](Cc1cc(Cl)ccc1Br)NC(=O)[C@@H]1CCCO1. The molecule has 7 heteroatoms. The Balaban J connectivity index is 2.06. The Kier molecular flexibility index (Phi) is 5.61. The first kappa shape index (κ1) is 16.3. The van der Waals surface area contributed by atoms with Crippen LogP contribution in [0.4, 0.5) is 0 Å². The van der Waals surface area contributed by atoms with E-state index in [0.29, 0.717) is 18.1 Å². The summed E-state index contributed by atoms with van der Waals surface area (Å²) in [7, 11) is 0. The summed E-state index contributed by atoms with van der Waals surface area (Å²) < 4.78 is 6.10. The van der Waals surface area contributed by atoms with Crippen molar-refractivity contribution in [3.63, 3.8) is 0 Å². The molecule has 0 aliphatic carbocycles. The Morgan fingerprint density at radius 3 is 2.90 bits per heavy atom. The van der Waals surface area contributed by atoms with Crippen LogP contribution in [-0.4, -0.2) is 30.6 Å². The standard InChI is InChI=1S/C14H16BrClN2O3/c15-10-4-3-9(16)6-8(10)7-11(13(17)19)18-14(20)12-2-1-5-21-12/h3-4,6,11-12H,1-2,5,7H2,(H2,17,19)(H,18,20)/t11-,12+/m1/s1. The van der Waals surface area contributed by atoms with Gasteiger partial charge in [0.2, 0.25) is 11.8 Å². The molecule has 1 aliphatic heterocycles. The Bertz CT molecular complexity index is 547. The first-order valence-electron chi connectivity index (χ1n) is 6.62. The van der Waals surface area contributed by atoms with Crippen molar-refractivity contribution < 1.29 is 14.3 Å². The molecule has 1 fully saturated rings. The van der Waals surface area contributed by atoms with Crippen LogP contribution in [0.15, 0.2) is 22.7 Å². The summed E-state index contributed by atoms with van der Waals surface area (Å²) in [5.41, 5.74) is 6.18. The normalized spacial score (nSPS) is 19.2. The van der Waals surface area contributed by atoms with Gasteiger partial charge in [-0.3, -0.25) is 9.59 Å². The molecule has 0 radical (unpaired) electrons. The van der Waals surface area contributed by atoms with Gasteiger partial charge in [0, 0.05) is 22.5 Å². The van der Waals surface area contributed by atoms with Crippen LogP contribution in [0.5, 0.6) is 0 Å². The van der Waals surface area contributed by atoms with E-state index < -0.39 is 18.1 Å². The van der Waals surface area contributed by atoms with Crippen LogP contribution >= 0.6 is 27.5 Å². The van der Waals surface area contributed by atoms with E-state index in [1.54, 1.807) is 18.2 Å². The third-order valence-electron chi connectivity index (χ3n) is 3.31. The van der Waals surface area contributed by atoms with Crippen molar-refractivity contribution in [1.82, 2.24) is 5.32 Å². The number of amides is 2.